The van der Waals surface area contributed by atoms with Crippen LogP contribution >= 0.6 is 11.3 Å². The quantitative estimate of drug-likeness (QED) is 0.888. The maximum Gasteiger partial charge on any atom is 0.261 e. The normalized spacial score (nSPS) is 15.6. The van der Waals surface area contributed by atoms with Crippen molar-refractivity contribution in [1.29, 1.82) is 0 Å². The first kappa shape index (κ1) is 15.2. The Morgan fingerprint density at radius 1 is 1.41 bits per heavy atom. The molecule has 0 bridgehead atoms. The van der Waals surface area contributed by atoms with Crippen LogP contribution in [0.2, 0.25) is 0 Å². The Balaban J connectivity index is 1.79. The van der Waals surface area contributed by atoms with Gasteiger partial charge in [0.25, 0.3) is 5.91 Å². The summed E-state index contributed by atoms with van der Waals surface area (Å²) in [7, 11) is 0. The number of aryl methyl sites for hydroxylation is 1. The maximum absolute atomic E-state index is 13.0. The van der Waals surface area contributed by atoms with Crippen molar-refractivity contribution < 1.29 is 9.18 Å². The van der Waals surface area contributed by atoms with E-state index in [1.165, 1.54) is 23.5 Å². The largest absolute Gasteiger partial charge is 0.347 e. The predicted molar refractivity (Wildman–Crippen MR) is 87.5 cm³/mol. The van der Waals surface area contributed by atoms with Crippen molar-refractivity contribution in [2.45, 2.75) is 25.8 Å². The lowest BCUT2D eigenvalue weighted by molar-refractivity contribution is 0.0937. The monoisotopic (exact) mass is 318 g/mol. The number of rotatable bonds is 5. The second-order valence-corrected chi connectivity index (χ2v) is 7.00. The zero-order valence-corrected chi connectivity index (χ0v) is 13.3. The van der Waals surface area contributed by atoms with Crippen LogP contribution in [0.4, 0.5) is 4.39 Å². The summed E-state index contributed by atoms with van der Waals surface area (Å²) in [5, 5.41) is 3.03. The number of benzene rings is 1. The lowest BCUT2D eigenvalue weighted by Gasteiger charge is -2.15. The summed E-state index contributed by atoms with van der Waals surface area (Å²) in [6.45, 7) is 2.45. The predicted octanol–water partition coefficient (Wildman–Crippen LogP) is 3.33. The van der Waals surface area contributed by atoms with Crippen LogP contribution in [-0.2, 0) is 0 Å². The molecule has 0 radical (unpaired) electrons. The molecule has 2 aromatic rings. The highest BCUT2D eigenvalue weighted by Gasteiger charge is 2.31. The maximum atomic E-state index is 13.0. The van der Waals surface area contributed by atoms with Crippen LogP contribution in [0.15, 0.2) is 30.3 Å². The van der Waals surface area contributed by atoms with E-state index in [0.717, 1.165) is 28.8 Å². The van der Waals surface area contributed by atoms with Crippen LogP contribution in [0.1, 0.15) is 27.4 Å². The Morgan fingerprint density at radius 2 is 2.09 bits per heavy atom. The van der Waals surface area contributed by atoms with Crippen LogP contribution < -0.4 is 11.1 Å². The van der Waals surface area contributed by atoms with E-state index in [0.29, 0.717) is 17.3 Å². The van der Waals surface area contributed by atoms with Gasteiger partial charge in [0.05, 0.1) is 4.88 Å². The average Bonchev–Trinajstić information content (AvgIpc) is 3.28. The van der Waals surface area contributed by atoms with E-state index >= 15 is 0 Å². The third kappa shape index (κ3) is 3.20. The van der Waals surface area contributed by atoms with Crippen LogP contribution in [0, 0.1) is 18.7 Å². The van der Waals surface area contributed by atoms with E-state index in [2.05, 4.69) is 5.32 Å². The molecule has 116 valence electrons. The molecule has 0 aliphatic heterocycles. The molecular weight excluding hydrogens is 299 g/mol. The third-order valence-corrected chi connectivity index (χ3v) is 5.11. The van der Waals surface area contributed by atoms with Gasteiger partial charge in [-0.25, -0.2) is 4.39 Å². The summed E-state index contributed by atoms with van der Waals surface area (Å²) in [6, 6.07) is 8.29. The summed E-state index contributed by atoms with van der Waals surface area (Å²) in [4.78, 5) is 14.1. The molecule has 1 unspecified atom stereocenters. The highest BCUT2D eigenvalue weighted by molar-refractivity contribution is 7.14. The van der Waals surface area contributed by atoms with Gasteiger partial charge in [-0.3, -0.25) is 4.79 Å². The molecule has 5 heteroatoms. The standard InChI is InChI=1S/C17H19FN2OS/c1-10-14(11-4-6-13(18)7-5-11)8-16(22-10)17(21)20-15(9-19)12-2-3-12/h4-8,12,15H,2-3,9,19H2,1H3,(H,20,21). The SMILES string of the molecule is Cc1sc(C(=O)NC(CN)C2CC2)cc1-c1ccc(F)cc1. The minimum atomic E-state index is -0.259. The van der Waals surface area contributed by atoms with Crippen LogP contribution in [0.25, 0.3) is 11.1 Å². The number of hydrogen-bond donors (Lipinski definition) is 2. The van der Waals surface area contributed by atoms with E-state index in [4.69, 9.17) is 5.73 Å². The first-order valence-corrected chi connectivity index (χ1v) is 8.27. The molecule has 1 fully saturated rings. The second-order valence-electron chi connectivity index (χ2n) is 5.74. The molecule has 3 rings (SSSR count). The number of nitrogens with two attached hydrogens (primary N) is 1. The molecule has 0 saturated heterocycles. The summed E-state index contributed by atoms with van der Waals surface area (Å²) in [5.74, 6) is 0.209. The Labute approximate surface area is 133 Å². The zero-order valence-electron chi connectivity index (χ0n) is 12.4. The van der Waals surface area contributed by atoms with Gasteiger partial charge < -0.3 is 11.1 Å². The van der Waals surface area contributed by atoms with Crippen molar-refractivity contribution in [3.05, 3.63) is 45.9 Å². The number of hydrogen-bond acceptors (Lipinski definition) is 3. The minimum absolute atomic E-state index is 0.0659. The first-order valence-electron chi connectivity index (χ1n) is 7.46. The fourth-order valence-corrected chi connectivity index (χ4v) is 3.56. The van der Waals surface area contributed by atoms with Crippen molar-refractivity contribution in [3.63, 3.8) is 0 Å². The summed E-state index contributed by atoms with van der Waals surface area (Å²) >= 11 is 1.46. The number of carbonyl (C=O) groups excluding carboxylic acids is 1. The van der Waals surface area contributed by atoms with E-state index in [1.54, 1.807) is 12.1 Å². The Hall–Kier alpha value is -1.72. The van der Waals surface area contributed by atoms with E-state index in [-0.39, 0.29) is 17.8 Å². The minimum Gasteiger partial charge on any atom is -0.347 e. The van der Waals surface area contributed by atoms with E-state index < -0.39 is 0 Å². The number of nitrogens with one attached hydrogen (secondary N) is 1. The molecular formula is C17H19FN2OS. The lowest BCUT2D eigenvalue weighted by atomic mass is 10.1. The lowest BCUT2D eigenvalue weighted by Crippen LogP contribution is -2.41. The molecule has 3 N–H and O–H groups in total. The molecule has 1 amide bonds. The van der Waals surface area contributed by atoms with Crippen LogP contribution in [0.3, 0.4) is 0 Å². The molecule has 1 aliphatic carbocycles. The van der Waals surface area contributed by atoms with Gasteiger partial charge >= 0.3 is 0 Å². The topological polar surface area (TPSA) is 55.1 Å². The molecule has 1 saturated carbocycles. The summed E-state index contributed by atoms with van der Waals surface area (Å²) in [5.41, 5.74) is 7.63. The fraction of sp³-hybridized carbons (Fsp3) is 0.353. The van der Waals surface area contributed by atoms with Crippen LogP contribution in [0.5, 0.6) is 0 Å². The fourth-order valence-electron chi connectivity index (χ4n) is 2.62. The number of amides is 1. The molecule has 3 nitrogen and oxygen atoms in total. The smallest absolute Gasteiger partial charge is 0.261 e. The number of thiophene rings is 1. The Kier molecular flexibility index (Phi) is 4.27. The van der Waals surface area contributed by atoms with E-state index in [9.17, 15) is 9.18 Å². The average molecular weight is 318 g/mol. The van der Waals surface area contributed by atoms with E-state index in [1.807, 2.05) is 13.0 Å². The Morgan fingerprint density at radius 3 is 2.68 bits per heavy atom. The van der Waals surface area contributed by atoms with Gasteiger partial charge in [0.1, 0.15) is 5.82 Å². The van der Waals surface area contributed by atoms with Crippen molar-refractivity contribution in [3.8, 4) is 11.1 Å². The zero-order chi connectivity index (χ0) is 15.7. The van der Waals surface area contributed by atoms with Crippen molar-refractivity contribution in [1.82, 2.24) is 5.32 Å². The summed E-state index contributed by atoms with van der Waals surface area (Å²) < 4.78 is 13.0. The van der Waals surface area contributed by atoms with Gasteiger partial charge in [-0.15, -0.1) is 11.3 Å². The molecule has 1 aromatic heterocycles. The van der Waals surface area contributed by atoms with Crippen molar-refractivity contribution in [2.75, 3.05) is 6.54 Å². The molecule has 1 aliphatic rings. The van der Waals surface area contributed by atoms with Gasteiger partial charge in [0.2, 0.25) is 0 Å². The number of carbonyl (C=O) groups is 1. The van der Waals surface area contributed by atoms with Gasteiger partial charge in [-0.1, -0.05) is 12.1 Å². The van der Waals surface area contributed by atoms with Crippen molar-refractivity contribution >= 4 is 17.2 Å². The first-order chi connectivity index (χ1) is 10.6. The third-order valence-electron chi connectivity index (χ3n) is 4.06. The highest BCUT2D eigenvalue weighted by atomic mass is 32.1. The molecule has 22 heavy (non-hydrogen) atoms. The van der Waals surface area contributed by atoms with Gasteiger partial charge in [-0.2, -0.15) is 0 Å². The molecule has 1 heterocycles. The van der Waals surface area contributed by atoms with Gasteiger partial charge in [-0.05, 0) is 55.0 Å². The van der Waals surface area contributed by atoms with Gasteiger partial charge in [0, 0.05) is 17.5 Å². The molecule has 1 atom stereocenters. The highest BCUT2D eigenvalue weighted by Crippen LogP contribution is 2.34. The number of halogens is 1. The second kappa shape index (κ2) is 6.18. The van der Waals surface area contributed by atoms with Crippen molar-refractivity contribution in [2.24, 2.45) is 11.7 Å². The van der Waals surface area contributed by atoms with Gasteiger partial charge in [0.15, 0.2) is 0 Å². The molecule has 0 spiro atoms. The Bertz CT molecular complexity index is 676. The molecule has 1 aromatic carbocycles. The summed E-state index contributed by atoms with van der Waals surface area (Å²) in [6.07, 6.45) is 2.29. The van der Waals surface area contributed by atoms with Crippen LogP contribution in [-0.4, -0.2) is 18.5 Å².